The van der Waals surface area contributed by atoms with E-state index in [0.29, 0.717) is 28.8 Å². The van der Waals surface area contributed by atoms with Gasteiger partial charge in [0.05, 0.1) is 0 Å². The average Bonchev–Trinajstić information content (AvgIpc) is 2.91. The minimum atomic E-state index is -0.686. The summed E-state index contributed by atoms with van der Waals surface area (Å²) >= 11 is 12.6. The highest BCUT2D eigenvalue weighted by atomic mass is 35.5. The number of rotatable bonds is 12. The van der Waals surface area contributed by atoms with Crippen molar-refractivity contribution in [3.63, 3.8) is 0 Å². The third-order valence-electron chi connectivity index (χ3n) is 6.90. The summed E-state index contributed by atoms with van der Waals surface area (Å²) < 4.78 is 0. The van der Waals surface area contributed by atoms with Crippen LogP contribution in [-0.4, -0.2) is 28.8 Å². The van der Waals surface area contributed by atoms with E-state index in [4.69, 9.17) is 23.2 Å². The monoisotopic (exact) mass is 552 g/mol. The highest BCUT2D eigenvalue weighted by Gasteiger charge is 2.31. The Bertz CT molecular complexity index is 1200. The van der Waals surface area contributed by atoms with Crippen LogP contribution in [0.3, 0.4) is 0 Å². The summed E-state index contributed by atoms with van der Waals surface area (Å²) in [6.45, 7) is 8.54. The number of nitrogens with zero attached hydrogens (tertiary/aromatic N) is 1. The van der Waals surface area contributed by atoms with Gasteiger partial charge in [-0.25, -0.2) is 0 Å². The van der Waals surface area contributed by atoms with E-state index < -0.39 is 6.04 Å². The second-order valence-corrected chi connectivity index (χ2v) is 11.0. The summed E-state index contributed by atoms with van der Waals surface area (Å²) in [5.74, 6) is 0.195. The maximum atomic E-state index is 13.8. The van der Waals surface area contributed by atoms with E-state index >= 15 is 0 Å². The first-order valence-electron chi connectivity index (χ1n) is 13.3. The van der Waals surface area contributed by atoms with Gasteiger partial charge in [0.25, 0.3) is 0 Å². The molecule has 0 fully saturated rings. The topological polar surface area (TPSA) is 49.4 Å². The molecule has 0 aliphatic carbocycles. The van der Waals surface area contributed by atoms with Crippen molar-refractivity contribution >= 4 is 35.0 Å². The lowest BCUT2D eigenvalue weighted by Crippen LogP contribution is -2.52. The molecule has 4 nitrogen and oxygen atoms in total. The predicted molar refractivity (Wildman–Crippen MR) is 158 cm³/mol. The van der Waals surface area contributed by atoms with Crippen molar-refractivity contribution in [1.29, 1.82) is 0 Å². The van der Waals surface area contributed by atoms with Crippen LogP contribution in [0.5, 0.6) is 0 Å². The van der Waals surface area contributed by atoms with Gasteiger partial charge in [-0.15, -0.1) is 0 Å². The van der Waals surface area contributed by atoms with Gasteiger partial charge in [-0.05, 0) is 60.1 Å². The molecule has 38 heavy (non-hydrogen) atoms. The molecule has 3 aromatic carbocycles. The first kappa shape index (κ1) is 29.7. The first-order chi connectivity index (χ1) is 18.2. The van der Waals surface area contributed by atoms with Gasteiger partial charge in [-0.2, -0.15) is 0 Å². The molecule has 0 radical (unpaired) electrons. The van der Waals surface area contributed by atoms with Crippen molar-refractivity contribution in [2.24, 2.45) is 0 Å². The lowest BCUT2D eigenvalue weighted by molar-refractivity contribution is -0.141. The summed E-state index contributed by atoms with van der Waals surface area (Å²) in [6.07, 6.45) is 2.08. The van der Waals surface area contributed by atoms with Gasteiger partial charge < -0.3 is 10.2 Å². The minimum Gasteiger partial charge on any atom is -0.352 e. The fraction of sp³-hybridized carbons (Fsp3) is 0.375. The van der Waals surface area contributed by atoms with Gasteiger partial charge in [-0.1, -0.05) is 105 Å². The third-order valence-corrected chi connectivity index (χ3v) is 7.49. The zero-order chi connectivity index (χ0) is 27.7. The van der Waals surface area contributed by atoms with E-state index in [1.165, 1.54) is 5.56 Å². The Balaban J connectivity index is 1.92. The predicted octanol–water partition coefficient (Wildman–Crippen LogP) is 7.60. The molecular weight excluding hydrogens is 515 g/mol. The number of hydrogen-bond donors (Lipinski definition) is 1. The van der Waals surface area contributed by atoms with Gasteiger partial charge in [0.2, 0.25) is 11.8 Å². The van der Waals surface area contributed by atoms with Crippen LogP contribution < -0.4 is 5.32 Å². The summed E-state index contributed by atoms with van der Waals surface area (Å²) in [6, 6.07) is 22.8. The van der Waals surface area contributed by atoms with E-state index in [0.717, 1.165) is 23.1 Å². The first-order valence-corrected chi connectivity index (χ1v) is 14.1. The van der Waals surface area contributed by atoms with Gasteiger partial charge in [-0.3, -0.25) is 9.59 Å². The normalized spacial score (nSPS) is 12.7. The van der Waals surface area contributed by atoms with Gasteiger partial charge in [0.1, 0.15) is 6.04 Å². The minimum absolute atomic E-state index is 0.00341. The fourth-order valence-corrected chi connectivity index (χ4v) is 4.76. The zero-order valence-electron chi connectivity index (χ0n) is 22.7. The van der Waals surface area contributed by atoms with Crippen LogP contribution in [-0.2, 0) is 29.0 Å². The molecule has 3 rings (SSSR count). The highest BCUT2D eigenvalue weighted by molar-refractivity contribution is 6.35. The molecule has 2 atom stereocenters. The Labute approximate surface area is 237 Å². The summed E-state index contributed by atoms with van der Waals surface area (Å²) in [5, 5.41) is 4.10. The summed E-state index contributed by atoms with van der Waals surface area (Å²) in [7, 11) is 0. The average molecular weight is 554 g/mol. The number of carbonyl (C=O) groups excluding carboxylic acids is 2. The van der Waals surface area contributed by atoms with E-state index in [1.54, 1.807) is 17.0 Å². The Hall–Kier alpha value is -2.82. The van der Waals surface area contributed by atoms with Gasteiger partial charge in [0.15, 0.2) is 0 Å². The molecule has 2 amide bonds. The Morgan fingerprint density at radius 1 is 0.895 bits per heavy atom. The van der Waals surface area contributed by atoms with Crippen LogP contribution in [0.4, 0.5) is 0 Å². The molecule has 3 aromatic rings. The smallest absolute Gasteiger partial charge is 0.243 e. The molecule has 202 valence electrons. The van der Waals surface area contributed by atoms with Crippen LogP contribution in [0.1, 0.15) is 68.7 Å². The molecule has 0 heterocycles. The molecule has 0 aliphatic heterocycles. The molecule has 0 aliphatic rings. The van der Waals surface area contributed by atoms with Crippen molar-refractivity contribution in [2.45, 2.75) is 77.9 Å². The zero-order valence-corrected chi connectivity index (χ0v) is 24.2. The summed E-state index contributed by atoms with van der Waals surface area (Å²) in [4.78, 5) is 29.1. The van der Waals surface area contributed by atoms with Crippen molar-refractivity contribution in [2.75, 3.05) is 0 Å². The number of benzene rings is 3. The van der Waals surface area contributed by atoms with E-state index in [-0.39, 0.29) is 30.8 Å². The second-order valence-electron chi connectivity index (χ2n) is 10.2. The van der Waals surface area contributed by atoms with Gasteiger partial charge in [0, 0.05) is 35.5 Å². The van der Waals surface area contributed by atoms with Crippen LogP contribution in [0, 0.1) is 0 Å². The number of halogens is 2. The van der Waals surface area contributed by atoms with Gasteiger partial charge >= 0.3 is 0 Å². The molecule has 0 unspecified atom stereocenters. The molecule has 0 saturated heterocycles. The molecule has 0 spiro atoms. The Kier molecular flexibility index (Phi) is 11.2. The molecule has 0 saturated carbocycles. The largest absolute Gasteiger partial charge is 0.352 e. The van der Waals surface area contributed by atoms with E-state index in [1.807, 2.05) is 50.2 Å². The lowest BCUT2D eigenvalue weighted by Gasteiger charge is -2.32. The van der Waals surface area contributed by atoms with Crippen molar-refractivity contribution in [1.82, 2.24) is 10.2 Å². The van der Waals surface area contributed by atoms with E-state index in [9.17, 15) is 9.59 Å². The number of nitrogens with one attached hydrogen (secondary N) is 1. The molecular formula is C32H38Cl2N2O2. The summed E-state index contributed by atoms with van der Waals surface area (Å²) in [5.41, 5.74) is 4.10. The SMILES string of the molecule is CC[C@H](C)NC(=O)[C@H](Cc1ccccc1)N(Cc1ccc(Cl)cc1Cl)C(=O)CCc1ccc(C(C)C)cc1. The van der Waals surface area contributed by atoms with Crippen LogP contribution in [0.15, 0.2) is 72.8 Å². The molecule has 0 aromatic heterocycles. The van der Waals surface area contributed by atoms with Crippen molar-refractivity contribution in [3.05, 3.63) is 105 Å². The van der Waals surface area contributed by atoms with Crippen molar-refractivity contribution in [3.8, 4) is 0 Å². The van der Waals surface area contributed by atoms with Crippen LogP contribution >= 0.6 is 23.2 Å². The standard InChI is InChI=1S/C32H38Cl2N2O2/c1-5-23(4)35-32(38)30(19-25-9-7-6-8-10-25)36(21-27-16-17-28(33)20-29(27)34)31(37)18-13-24-11-14-26(15-12-24)22(2)3/h6-12,14-17,20,22-23,30H,5,13,18-19,21H2,1-4H3,(H,35,38)/t23-,30-/m0/s1. The van der Waals surface area contributed by atoms with E-state index in [2.05, 4.69) is 43.4 Å². The van der Waals surface area contributed by atoms with Crippen LogP contribution in [0.2, 0.25) is 10.0 Å². The molecule has 1 N–H and O–H groups in total. The maximum absolute atomic E-state index is 13.8. The number of carbonyl (C=O) groups is 2. The Morgan fingerprint density at radius 3 is 2.18 bits per heavy atom. The number of aryl methyl sites for hydroxylation is 1. The van der Waals surface area contributed by atoms with Crippen LogP contribution in [0.25, 0.3) is 0 Å². The number of amides is 2. The third kappa shape index (κ3) is 8.61. The molecule has 6 heteroatoms. The maximum Gasteiger partial charge on any atom is 0.243 e. The number of hydrogen-bond acceptors (Lipinski definition) is 2. The second kappa shape index (κ2) is 14.4. The van der Waals surface area contributed by atoms with Crippen molar-refractivity contribution < 1.29 is 9.59 Å². The molecule has 0 bridgehead atoms. The quantitative estimate of drug-likeness (QED) is 0.251. The highest BCUT2D eigenvalue weighted by Crippen LogP contribution is 2.25. The fourth-order valence-electron chi connectivity index (χ4n) is 4.29. The Morgan fingerprint density at radius 2 is 1.58 bits per heavy atom. The lowest BCUT2D eigenvalue weighted by atomic mass is 9.99.